The number of anilines is 1. The molecule has 0 radical (unpaired) electrons. The van der Waals surface area contributed by atoms with Gasteiger partial charge in [0.1, 0.15) is 6.33 Å². The summed E-state index contributed by atoms with van der Waals surface area (Å²) in [4.78, 5) is 29.8. The number of carbonyl (C=O) groups excluding carboxylic acids is 1. The van der Waals surface area contributed by atoms with Crippen LogP contribution < -0.4 is 5.32 Å². The molecule has 90 valence electrons. The number of amides is 1. The predicted molar refractivity (Wildman–Crippen MR) is 63.4 cm³/mol. The lowest BCUT2D eigenvalue weighted by Gasteiger charge is -2.04. The summed E-state index contributed by atoms with van der Waals surface area (Å²) < 4.78 is 0. The van der Waals surface area contributed by atoms with Gasteiger partial charge in [-0.05, 0) is 24.3 Å². The second-order valence-electron chi connectivity index (χ2n) is 3.46. The van der Waals surface area contributed by atoms with Crippen molar-refractivity contribution in [2.24, 2.45) is 0 Å². The molecule has 1 aromatic heterocycles. The van der Waals surface area contributed by atoms with Crippen molar-refractivity contribution in [3.05, 3.63) is 54.1 Å². The van der Waals surface area contributed by atoms with Crippen LogP contribution >= 0.6 is 0 Å². The molecular weight excluding hydrogens is 234 g/mol. The maximum Gasteiger partial charge on any atom is 0.335 e. The fourth-order valence-electron chi connectivity index (χ4n) is 1.32. The summed E-state index contributed by atoms with van der Waals surface area (Å²) in [5, 5.41) is 11.3. The number of aromatic nitrogens is 2. The molecule has 2 rings (SSSR count). The Morgan fingerprint density at radius 1 is 1.00 bits per heavy atom. The van der Waals surface area contributed by atoms with Gasteiger partial charge in [0.05, 0.1) is 11.1 Å². The maximum absolute atomic E-state index is 11.7. The molecule has 0 saturated carbocycles. The third kappa shape index (κ3) is 2.67. The maximum atomic E-state index is 11.7. The summed E-state index contributed by atoms with van der Waals surface area (Å²) in [5.41, 5.74) is 1.00. The van der Waals surface area contributed by atoms with Gasteiger partial charge in [0.2, 0.25) is 0 Å². The van der Waals surface area contributed by atoms with Crippen molar-refractivity contribution in [3.63, 3.8) is 0 Å². The van der Waals surface area contributed by atoms with Gasteiger partial charge in [-0.2, -0.15) is 0 Å². The Hall–Kier alpha value is -2.76. The second kappa shape index (κ2) is 5.05. The van der Waals surface area contributed by atoms with Gasteiger partial charge in [-0.25, -0.2) is 14.8 Å². The van der Waals surface area contributed by atoms with E-state index in [1.54, 1.807) is 0 Å². The zero-order valence-electron chi connectivity index (χ0n) is 9.20. The first kappa shape index (κ1) is 11.7. The standard InChI is InChI=1S/C12H9N3O3/c16-11(9-5-13-7-14-6-9)15-10-3-1-8(2-4-10)12(17)18/h1-7H,(H,15,16)(H,17,18). The first-order valence-electron chi connectivity index (χ1n) is 5.06. The van der Waals surface area contributed by atoms with Crippen LogP contribution in [0.5, 0.6) is 0 Å². The molecule has 18 heavy (non-hydrogen) atoms. The lowest BCUT2D eigenvalue weighted by molar-refractivity contribution is 0.0696. The highest BCUT2D eigenvalue weighted by Crippen LogP contribution is 2.10. The van der Waals surface area contributed by atoms with E-state index in [4.69, 9.17) is 5.11 Å². The fourth-order valence-corrected chi connectivity index (χ4v) is 1.32. The number of hydrogen-bond donors (Lipinski definition) is 2. The molecule has 0 aliphatic rings. The Morgan fingerprint density at radius 2 is 1.61 bits per heavy atom. The Balaban J connectivity index is 2.10. The van der Waals surface area contributed by atoms with Crippen LogP contribution in [-0.4, -0.2) is 27.0 Å². The number of carboxylic acids is 1. The van der Waals surface area contributed by atoms with Gasteiger partial charge in [0.25, 0.3) is 5.91 Å². The number of nitrogens with zero attached hydrogens (tertiary/aromatic N) is 2. The lowest BCUT2D eigenvalue weighted by atomic mass is 10.2. The highest BCUT2D eigenvalue weighted by atomic mass is 16.4. The van der Waals surface area contributed by atoms with Crippen molar-refractivity contribution in [3.8, 4) is 0 Å². The summed E-state index contributed by atoms with van der Waals surface area (Å²) >= 11 is 0. The van der Waals surface area contributed by atoms with E-state index >= 15 is 0 Å². The minimum absolute atomic E-state index is 0.163. The van der Waals surface area contributed by atoms with Crippen molar-refractivity contribution in [1.29, 1.82) is 0 Å². The third-order valence-electron chi connectivity index (χ3n) is 2.21. The molecule has 0 saturated heterocycles. The van der Waals surface area contributed by atoms with Gasteiger partial charge in [-0.1, -0.05) is 0 Å². The summed E-state index contributed by atoms with van der Waals surface area (Å²) in [6.45, 7) is 0. The molecule has 0 aliphatic heterocycles. The van der Waals surface area contributed by atoms with E-state index in [9.17, 15) is 9.59 Å². The molecule has 6 nitrogen and oxygen atoms in total. The zero-order chi connectivity index (χ0) is 13.0. The van der Waals surface area contributed by atoms with Crippen LogP contribution in [0.15, 0.2) is 43.0 Å². The number of rotatable bonds is 3. The molecule has 0 aliphatic carbocycles. The van der Waals surface area contributed by atoms with Gasteiger partial charge in [-0.3, -0.25) is 4.79 Å². The molecular formula is C12H9N3O3. The average Bonchev–Trinajstić information content (AvgIpc) is 2.40. The highest BCUT2D eigenvalue weighted by Gasteiger charge is 2.07. The number of carboxylic acid groups (broad SMARTS) is 1. The number of carbonyl (C=O) groups is 2. The smallest absolute Gasteiger partial charge is 0.335 e. The number of aromatic carboxylic acids is 1. The van der Waals surface area contributed by atoms with Crippen LogP contribution in [-0.2, 0) is 0 Å². The monoisotopic (exact) mass is 243 g/mol. The number of benzene rings is 1. The van der Waals surface area contributed by atoms with E-state index in [1.165, 1.54) is 43.0 Å². The molecule has 0 spiro atoms. The van der Waals surface area contributed by atoms with E-state index in [0.29, 0.717) is 11.3 Å². The van der Waals surface area contributed by atoms with Crippen LogP contribution in [0.4, 0.5) is 5.69 Å². The molecule has 1 heterocycles. The molecule has 2 N–H and O–H groups in total. The minimum atomic E-state index is -1.01. The summed E-state index contributed by atoms with van der Waals surface area (Å²) in [5.74, 6) is -1.36. The van der Waals surface area contributed by atoms with Crippen molar-refractivity contribution in [1.82, 2.24) is 9.97 Å². The molecule has 0 atom stereocenters. The van der Waals surface area contributed by atoms with Crippen LogP contribution in [0.3, 0.4) is 0 Å². The molecule has 6 heteroatoms. The third-order valence-corrected chi connectivity index (χ3v) is 2.21. The Labute approximate surface area is 102 Å². The van der Waals surface area contributed by atoms with Gasteiger partial charge in [0, 0.05) is 18.1 Å². The zero-order valence-corrected chi connectivity index (χ0v) is 9.20. The average molecular weight is 243 g/mol. The SMILES string of the molecule is O=C(O)c1ccc(NC(=O)c2cncnc2)cc1. The molecule has 1 aromatic carbocycles. The molecule has 0 bridgehead atoms. The fraction of sp³-hybridized carbons (Fsp3) is 0. The number of nitrogens with one attached hydrogen (secondary N) is 1. The molecule has 1 amide bonds. The quantitative estimate of drug-likeness (QED) is 0.850. The molecule has 2 aromatic rings. The van der Waals surface area contributed by atoms with Crippen molar-refractivity contribution in [2.45, 2.75) is 0 Å². The van der Waals surface area contributed by atoms with Gasteiger partial charge < -0.3 is 10.4 Å². The highest BCUT2D eigenvalue weighted by molar-refractivity contribution is 6.04. The van der Waals surface area contributed by atoms with E-state index in [1.807, 2.05) is 0 Å². The molecule has 0 unspecified atom stereocenters. The largest absolute Gasteiger partial charge is 0.478 e. The van der Waals surface area contributed by atoms with Crippen molar-refractivity contribution >= 4 is 17.6 Å². The Kier molecular flexibility index (Phi) is 3.29. The van der Waals surface area contributed by atoms with Gasteiger partial charge in [-0.15, -0.1) is 0 Å². The number of hydrogen-bond acceptors (Lipinski definition) is 4. The molecule has 0 fully saturated rings. The Bertz CT molecular complexity index is 567. The van der Waals surface area contributed by atoms with E-state index < -0.39 is 5.97 Å². The summed E-state index contributed by atoms with van der Waals surface area (Å²) in [6, 6.07) is 5.87. The summed E-state index contributed by atoms with van der Waals surface area (Å²) in [7, 11) is 0. The van der Waals surface area contributed by atoms with Crippen molar-refractivity contribution < 1.29 is 14.7 Å². The Morgan fingerprint density at radius 3 is 2.17 bits per heavy atom. The van der Waals surface area contributed by atoms with Gasteiger partial charge in [0.15, 0.2) is 0 Å². The van der Waals surface area contributed by atoms with Crippen LogP contribution in [0, 0.1) is 0 Å². The first-order chi connectivity index (χ1) is 8.66. The van der Waals surface area contributed by atoms with Crippen LogP contribution in [0.25, 0.3) is 0 Å². The van der Waals surface area contributed by atoms with E-state index in [0.717, 1.165) is 0 Å². The lowest BCUT2D eigenvalue weighted by Crippen LogP contribution is -2.12. The first-order valence-corrected chi connectivity index (χ1v) is 5.06. The topological polar surface area (TPSA) is 92.2 Å². The normalized spacial score (nSPS) is 9.78. The minimum Gasteiger partial charge on any atom is -0.478 e. The summed E-state index contributed by atoms with van der Waals surface area (Å²) in [6.07, 6.45) is 4.13. The van der Waals surface area contributed by atoms with Gasteiger partial charge >= 0.3 is 5.97 Å². The van der Waals surface area contributed by atoms with Crippen molar-refractivity contribution in [2.75, 3.05) is 5.32 Å². The van der Waals surface area contributed by atoms with Crippen LogP contribution in [0.1, 0.15) is 20.7 Å². The second-order valence-corrected chi connectivity index (χ2v) is 3.46. The van der Waals surface area contributed by atoms with Crippen LogP contribution in [0.2, 0.25) is 0 Å². The predicted octanol–water partition coefficient (Wildman–Crippen LogP) is 1.43. The van der Waals surface area contributed by atoms with E-state index in [2.05, 4.69) is 15.3 Å². The van der Waals surface area contributed by atoms with E-state index in [-0.39, 0.29) is 11.5 Å².